The first-order chi connectivity index (χ1) is 10.3. The van der Waals surface area contributed by atoms with Crippen molar-refractivity contribution in [3.8, 4) is 0 Å². The maximum atomic E-state index is 12.7. The number of carbonyl (C=O) groups excluding carboxylic acids is 2. The van der Waals surface area contributed by atoms with Crippen LogP contribution in [-0.2, 0) is 4.79 Å². The molecule has 0 unspecified atom stereocenters. The predicted molar refractivity (Wildman–Crippen MR) is 87.9 cm³/mol. The van der Waals surface area contributed by atoms with E-state index in [-0.39, 0.29) is 28.7 Å². The van der Waals surface area contributed by atoms with Crippen LogP contribution in [0.5, 0.6) is 0 Å². The van der Waals surface area contributed by atoms with Crippen LogP contribution in [0.2, 0.25) is 0 Å². The Morgan fingerprint density at radius 3 is 2.45 bits per heavy atom. The third kappa shape index (κ3) is 2.35. The number of thiophene rings is 1. The number of amides is 2. The zero-order chi connectivity index (χ0) is 16.1. The van der Waals surface area contributed by atoms with Gasteiger partial charge in [-0.3, -0.25) is 9.59 Å². The molecule has 2 heterocycles. The quantitative estimate of drug-likeness (QED) is 0.926. The van der Waals surface area contributed by atoms with Crippen molar-refractivity contribution in [1.29, 1.82) is 0 Å². The van der Waals surface area contributed by atoms with Gasteiger partial charge in [0.25, 0.3) is 5.91 Å². The average molecular weight is 320 g/mol. The van der Waals surface area contributed by atoms with Gasteiger partial charge in [0.2, 0.25) is 5.91 Å². The normalized spacial score (nSPS) is 23.3. The molecule has 1 saturated heterocycles. The lowest BCUT2D eigenvalue weighted by atomic mass is 9.89. The SMILES string of the molecule is C[C@@H](c1ccc(C(=O)N2CCCC2(C)C)s1)C1(C(N)=O)CC1. The van der Waals surface area contributed by atoms with Gasteiger partial charge in [0.1, 0.15) is 0 Å². The van der Waals surface area contributed by atoms with Gasteiger partial charge in [0, 0.05) is 22.9 Å². The van der Waals surface area contributed by atoms with Crippen LogP contribution in [0.4, 0.5) is 0 Å². The number of nitrogens with two attached hydrogens (primary N) is 1. The summed E-state index contributed by atoms with van der Waals surface area (Å²) in [6, 6.07) is 3.90. The van der Waals surface area contributed by atoms with E-state index in [1.165, 1.54) is 11.3 Å². The second-order valence-corrected chi connectivity index (χ2v) is 8.43. The summed E-state index contributed by atoms with van der Waals surface area (Å²) in [5.41, 5.74) is 5.13. The van der Waals surface area contributed by atoms with Gasteiger partial charge in [-0.15, -0.1) is 11.3 Å². The Labute approximate surface area is 135 Å². The van der Waals surface area contributed by atoms with E-state index < -0.39 is 0 Å². The number of rotatable bonds is 4. The largest absolute Gasteiger partial charge is 0.369 e. The Balaban J connectivity index is 1.80. The highest BCUT2D eigenvalue weighted by Crippen LogP contribution is 2.56. The lowest BCUT2D eigenvalue weighted by Crippen LogP contribution is -2.42. The van der Waals surface area contributed by atoms with Gasteiger partial charge in [-0.2, -0.15) is 0 Å². The van der Waals surface area contributed by atoms with E-state index in [1.54, 1.807) is 0 Å². The summed E-state index contributed by atoms with van der Waals surface area (Å²) in [5, 5.41) is 0. The number of hydrogen-bond acceptors (Lipinski definition) is 3. The van der Waals surface area contributed by atoms with Crippen LogP contribution in [0.1, 0.15) is 66.9 Å². The van der Waals surface area contributed by atoms with Crippen molar-refractivity contribution in [2.45, 2.75) is 57.9 Å². The van der Waals surface area contributed by atoms with Gasteiger partial charge in [-0.05, 0) is 51.7 Å². The summed E-state index contributed by atoms with van der Waals surface area (Å²) in [6.07, 6.45) is 3.85. The summed E-state index contributed by atoms with van der Waals surface area (Å²) >= 11 is 1.52. The first-order valence-electron chi connectivity index (χ1n) is 7.99. The molecular weight excluding hydrogens is 296 g/mol. The first kappa shape index (κ1) is 15.5. The Morgan fingerprint density at radius 1 is 1.27 bits per heavy atom. The van der Waals surface area contributed by atoms with Crippen molar-refractivity contribution in [2.75, 3.05) is 6.54 Å². The highest BCUT2D eigenvalue weighted by molar-refractivity contribution is 7.14. The van der Waals surface area contributed by atoms with E-state index >= 15 is 0 Å². The molecule has 0 radical (unpaired) electrons. The standard InChI is InChI=1S/C17H24N2O2S/c1-11(17(8-9-17)15(18)21)12-5-6-13(22-12)14(20)19-10-4-7-16(19,2)3/h5-6,11H,4,7-10H2,1-3H3,(H2,18,21)/t11-/m0/s1. The smallest absolute Gasteiger partial charge is 0.264 e. The summed E-state index contributed by atoms with van der Waals surface area (Å²) in [5.74, 6) is 0.0139. The van der Waals surface area contributed by atoms with Crippen LogP contribution in [0.15, 0.2) is 12.1 Å². The molecule has 1 aliphatic heterocycles. The molecule has 120 valence electrons. The number of hydrogen-bond donors (Lipinski definition) is 1. The Hall–Kier alpha value is -1.36. The molecule has 0 spiro atoms. The van der Waals surface area contributed by atoms with Gasteiger partial charge in [-0.25, -0.2) is 0 Å². The van der Waals surface area contributed by atoms with Crippen molar-refractivity contribution < 1.29 is 9.59 Å². The fourth-order valence-electron chi connectivity index (χ4n) is 3.62. The van der Waals surface area contributed by atoms with Gasteiger partial charge in [0.15, 0.2) is 0 Å². The molecule has 1 aromatic heterocycles. The van der Waals surface area contributed by atoms with Gasteiger partial charge >= 0.3 is 0 Å². The number of likely N-dealkylation sites (tertiary alicyclic amines) is 1. The molecule has 1 saturated carbocycles. The van der Waals surface area contributed by atoms with Crippen LogP contribution in [0, 0.1) is 5.41 Å². The van der Waals surface area contributed by atoms with Crippen molar-refractivity contribution in [2.24, 2.45) is 11.1 Å². The molecule has 1 aromatic rings. The topological polar surface area (TPSA) is 63.4 Å². The second-order valence-electron chi connectivity index (χ2n) is 7.32. The minimum absolute atomic E-state index is 0.0577. The molecule has 2 amide bonds. The molecule has 1 atom stereocenters. The Morgan fingerprint density at radius 2 is 1.95 bits per heavy atom. The maximum Gasteiger partial charge on any atom is 0.264 e. The van der Waals surface area contributed by atoms with E-state index in [0.29, 0.717) is 0 Å². The fraction of sp³-hybridized carbons (Fsp3) is 0.647. The fourth-order valence-corrected chi connectivity index (χ4v) is 4.74. The molecule has 3 rings (SSSR count). The van der Waals surface area contributed by atoms with Gasteiger partial charge < -0.3 is 10.6 Å². The summed E-state index contributed by atoms with van der Waals surface area (Å²) in [4.78, 5) is 28.3. The van der Waals surface area contributed by atoms with Crippen molar-refractivity contribution in [3.63, 3.8) is 0 Å². The zero-order valence-corrected chi connectivity index (χ0v) is 14.3. The minimum atomic E-state index is -0.377. The molecule has 1 aliphatic carbocycles. The first-order valence-corrected chi connectivity index (χ1v) is 8.81. The molecule has 2 N–H and O–H groups in total. The van der Waals surface area contributed by atoms with E-state index in [2.05, 4.69) is 20.8 Å². The molecule has 4 nitrogen and oxygen atoms in total. The lowest BCUT2D eigenvalue weighted by molar-refractivity contribution is -0.123. The third-order valence-corrected chi connectivity index (χ3v) is 6.77. The van der Waals surface area contributed by atoms with Crippen molar-refractivity contribution >= 4 is 23.2 Å². The minimum Gasteiger partial charge on any atom is -0.369 e. The molecule has 2 fully saturated rings. The molecule has 0 aromatic carbocycles. The number of primary amides is 1. The van der Waals surface area contributed by atoms with Crippen LogP contribution < -0.4 is 5.73 Å². The summed E-state index contributed by atoms with van der Waals surface area (Å²) in [6.45, 7) is 7.14. The highest BCUT2D eigenvalue weighted by Gasteiger charge is 2.53. The molecule has 5 heteroatoms. The number of nitrogens with zero attached hydrogens (tertiary/aromatic N) is 1. The predicted octanol–water partition coefficient (Wildman–Crippen LogP) is 3.13. The highest BCUT2D eigenvalue weighted by atomic mass is 32.1. The second kappa shape index (κ2) is 5.08. The van der Waals surface area contributed by atoms with Gasteiger partial charge in [0.05, 0.1) is 10.3 Å². The van der Waals surface area contributed by atoms with Crippen molar-refractivity contribution in [3.05, 3.63) is 21.9 Å². The Bertz CT molecular complexity index is 616. The zero-order valence-electron chi connectivity index (χ0n) is 13.5. The Kier molecular flexibility index (Phi) is 3.59. The maximum absolute atomic E-state index is 12.7. The van der Waals surface area contributed by atoms with E-state index in [0.717, 1.165) is 42.0 Å². The monoisotopic (exact) mass is 320 g/mol. The van der Waals surface area contributed by atoms with Gasteiger partial charge in [-0.1, -0.05) is 6.92 Å². The van der Waals surface area contributed by atoms with E-state index in [4.69, 9.17) is 5.73 Å². The third-order valence-electron chi connectivity index (χ3n) is 5.52. The van der Waals surface area contributed by atoms with Crippen LogP contribution in [-0.4, -0.2) is 28.8 Å². The number of carbonyl (C=O) groups is 2. The van der Waals surface area contributed by atoms with Crippen LogP contribution >= 0.6 is 11.3 Å². The molecule has 0 bridgehead atoms. The molecular formula is C17H24N2O2S. The molecule has 22 heavy (non-hydrogen) atoms. The summed E-state index contributed by atoms with van der Waals surface area (Å²) in [7, 11) is 0. The van der Waals surface area contributed by atoms with E-state index in [9.17, 15) is 9.59 Å². The van der Waals surface area contributed by atoms with Crippen LogP contribution in [0.3, 0.4) is 0 Å². The lowest BCUT2D eigenvalue weighted by Gasteiger charge is -2.31. The van der Waals surface area contributed by atoms with E-state index in [1.807, 2.05) is 17.0 Å². The molecule has 2 aliphatic rings. The van der Waals surface area contributed by atoms with Crippen LogP contribution in [0.25, 0.3) is 0 Å². The average Bonchev–Trinajstić information content (AvgIpc) is 2.99. The van der Waals surface area contributed by atoms with Crippen molar-refractivity contribution in [1.82, 2.24) is 4.90 Å². The summed E-state index contributed by atoms with van der Waals surface area (Å²) < 4.78 is 0.